The van der Waals surface area contributed by atoms with E-state index >= 15 is 0 Å². The first-order valence-corrected chi connectivity index (χ1v) is 6.18. The molecule has 0 radical (unpaired) electrons. The number of hydrogen-bond acceptors (Lipinski definition) is 7. The topological polar surface area (TPSA) is 109 Å². The lowest BCUT2D eigenvalue weighted by atomic mass is 9.99. The van der Waals surface area contributed by atoms with Crippen molar-refractivity contribution in [3.8, 4) is 11.5 Å². The molecule has 0 spiro atoms. The Hall–Kier alpha value is -1.38. The van der Waals surface area contributed by atoms with E-state index in [0.29, 0.717) is 11.5 Å². The van der Waals surface area contributed by atoms with Crippen LogP contribution < -0.4 is 9.47 Å². The Morgan fingerprint density at radius 1 is 1.05 bits per heavy atom. The van der Waals surface area contributed by atoms with Crippen LogP contribution in [0.5, 0.6) is 11.5 Å². The quantitative estimate of drug-likeness (QED) is 0.555. The number of aliphatic hydroxyl groups excluding tert-OH is 4. The summed E-state index contributed by atoms with van der Waals surface area (Å²) >= 11 is 0. The van der Waals surface area contributed by atoms with Gasteiger partial charge in [0.2, 0.25) is 6.29 Å². The minimum Gasteiger partial charge on any atom is -0.493 e. The maximum atomic E-state index is 9.86. The Morgan fingerprint density at radius 3 is 2.30 bits per heavy atom. The van der Waals surface area contributed by atoms with Crippen LogP contribution in [0.15, 0.2) is 24.3 Å². The van der Waals surface area contributed by atoms with Crippen LogP contribution in [-0.4, -0.2) is 64.8 Å². The summed E-state index contributed by atoms with van der Waals surface area (Å²) in [6.45, 7) is -0.503. The van der Waals surface area contributed by atoms with E-state index in [1.54, 1.807) is 24.3 Å². The van der Waals surface area contributed by atoms with E-state index in [9.17, 15) is 15.3 Å². The molecule has 0 bridgehead atoms. The van der Waals surface area contributed by atoms with Crippen LogP contribution in [0.2, 0.25) is 0 Å². The molecule has 7 heteroatoms. The number of methoxy groups -OCH3 is 1. The van der Waals surface area contributed by atoms with Crippen LogP contribution in [0.4, 0.5) is 0 Å². The lowest BCUT2D eigenvalue weighted by molar-refractivity contribution is -0.277. The molecule has 1 fully saturated rings. The van der Waals surface area contributed by atoms with Gasteiger partial charge in [-0.2, -0.15) is 0 Å². The number of benzene rings is 1. The van der Waals surface area contributed by atoms with Gasteiger partial charge in [-0.25, -0.2) is 0 Å². The number of aliphatic hydroxyl groups is 4. The summed E-state index contributed by atoms with van der Waals surface area (Å²) in [5, 5.41) is 38.3. The summed E-state index contributed by atoms with van der Waals surface area (Å²) in [5.74, 6) is 0.754. The van der Waals surface area contributed by atoms with Gasteiger partial charge in [-0.1, -0.05) is 12.1 Å². The molecule has 4 N–H and O–H groups in total. The number of rotatable bonds is 4. The van der Waals surface area contributed by atoms with Crippen molar-refractivity contribution in [2.24, 2.45) is 0 Å². The normalized spacial score (nSPS) is 33.8. The van der Waals surface area contributed by atoms with Crippen molar-refractivity contribution in [3.05, 3.63) is 24.3 Å². The Morgan fingerprint density at radius 2 is 1.70 bits per heavy atom. The number of ether oxygens (including phenoxy) is 3. The largest absolute Gasteiger partial charge is 0.493 e. The van der Waals surface area contributed by atoms with Crippen molar-refractivity contribution in [3.63, 3.8) is 0 Å². The molecule has 20 heavy (non-hydrogen) atoms. The van der Waals surface area contributed by atoms with Gasteiger partial charge in [0.15, 0.2) is 11.5 Å². The van der Waals surface area contributed by atoms with Crippen LogP contribution >= 0.6 is 0 Å². The fourth-order valence-electron chi connectivity index (χ4n) is 2.01. The first-order chi connectivity index (χ1) is 9.58. The van der Waals surface area contributed by atoms with Gasteiger partial charge >= 0.3 is 0 Å². The highest BCUT2D eigenvalue weighted by atomic mass is 16.7. The van der Waals surface area contributed by atoms with Crippen LogP contribution in [-0.2, 0) is 4.74 Å². The molecule has 1 saturated heterocycles. The average Bonchev–Trinajstić information content (AvgIpc) is 2.48. The van der Waals surface area contributed by atoms with Gasteiger partial charge in [-0.05, 0) is 12.1 Å². The predicted octanol–water partition coefficient (Wildman–Crippen LogP) is -1.13. The van der Waals surface area contributed by atoms with E-state index in [4.69, 9.17) is 19.3 Å². The van der Waals surface area contributed by atoms with Crippen molar-refractivity contribution in [1.29, 1.82) is 0 Å². The zero-order valence-electron chi connectivity index (χ0n) is 10.9. The summed E-state index contributed by atoms with van der Waals surface area (Å²) in [6.07, 6.45) is -6.55. The van der Waals surface area contributed by atoms with Gasteiger partial charge in [0.05, 0.1) is 13.7 Å². The smallest absolute Gasteiger partial charge is 0.229 e. The number of hydrogen-bond donors (Lipinski definition) is 4. The second kappa shape index (κ2) is 6.38. The Kier molecular flexibility index (Phi) is 4.79. The molecule has 0 aromatic heterocycles. The third-order valence-corrected chi connectivity index (χ3v) is 3.16. The van der Waals surface area contributed by atoms with Crippen molar-refractivity contribution in [1.82, 2.24) is 0 Å². The summed E-state index contributed by atoms with van der Waals surface area (Å²) in [5.41, 5.74) is 0. The second-order valence-electron chi connectivity index (χ2n) is 4.47. The molecule has 1 aliphatic rings. The maximum absolute atomic E-state index is 9.86. The predicted molar refractivity (Wildman–Crippen MR) is 67.4 cm³/mol. The van der Waals surface area contributed by atoms with Crippen molar-refractivity contribution >= 4 is 0 Å². The summed E-state index contributed by atoms with van der Waals surface area (Å²) in [7, 11) is 1.47. The third-order valence-electron chi connectivity index (χ3n) is 3.16. The van der Waals surface area contributed by atoms with Gasteiger partial charge in [0.25, 0.3) is 0 Å². The Balaban J connectivity index is 2.15. The molecule has 1 aromatic rings. The summed E-state index contributed by atoms with van der Waals surface area (Å²) in [6, 6.07) is 6.74. The second-order valence-corrected chi connectivity index (χ2v) is 4.47. The lowest BCUT2D eigenvalue weighted by Gasteiger charge is -2.39. The van der Waals surface area contributed by atoms with Gasteiger partial charge < -0.3 is 34.6 Å². The molecule has 5 atom stereocenters. The molecule has 0 saturated carbocycles. The van der Waals surface area contributed by atoms with E-state index in [1.807, 2.05) is 0 Å². The molecule has 112 valence electrons. The highest BCUT2D eigenvalue weighted by Crippen LogP contribution is 2.30. The molecular formula is C13H18O7. The first-order valence-electron chi connectivity index (χ1n) is 6.18. The van der Waals surface area contributed by atoms with Crippen LogP contribution in [0.25, 0.3) is 0 Å². The van der Waals surface area contributed by atoms with Gasteiger partial charge in [0.1, 0.15) is 24.4 Å². The highest BCUT2D eigenvalue weighted by molar-refractivity contribution is 5.39. The monoisotopic (exact) mass is 286 g/mol. The van der Waals surface area contributed by atoms with Crippen molar-refractivity contribution < 1.29 is 34.6 Å². The van der Waals surface area contributed by atoms with Gasteiger partial charge in [-0.3, -0.25) is 0 Å². The number of para-hydroxylation sites is 2. The SMILES string of the molecule is COc1ccccc1O[C@@H]1O[C@H](CO)[C@H](O)[C@H](O)[C@H]1O. The Labute approximate surface area is 115 Å². The van der Waals surface area contributed by atoms with E-state index < -0.39 is 37.3 Å². The molecule has 1 aromatic carbocycles. The lowest BCUT2D eigenvalue weighted by Crippen LogP contribution is -2.60. The fourth-order valence-corrected chi connectivity index (χ4v) is 2.01. The Bertz CT molecular complexity index is 436. The maximum Gasteiger partial charge on any atom is 0.229 e. The zero-order valence-corrected chi connectivity index (χ0v) is 10.9. The van der Waals surface area contributed by atoms with Gasteiger partial charge in [-0.15, -0.1) is 0 Å². The van der Waals surface area contributed by atoms with E-state index in [2.05, 4.69) is 0 Å². The van der Waals surface area contributed by atoms with Gasteiger partial charge in [0, 0.05) is 0 Å². The molecule has 7 nitrogen and oxygen atoms in total. The molecular weight excluding hydrogens is 268 g/mol. The van der Waals surface area contributed by atoms with E-state index in [1.165, 1.54) is 7.11 Å². The van der Waals surface area contributed by atoms with Crippen LogP contribution in [0, 0.1) is 0 Å². The fraction of sp³-hybridized carbons (Fsp3) is 0.538. The van der Waals surface area contributed by atoms with E-state index in [-0.39, 0.29) is 0 Å². The van der Waals surface area contributed by atoms with Crippen molar-refractivity contribution in [2.75, 3.05) is 13.7 Å². The molecule has 0 aliphatic carbocycles. The first kappa shape index (κ1) is 15.0. The molecule has 1 heterocycles. The van der Waals surface area contributed by atoms with E-state index in [0.717, 1.165) is 0 Å². The van der Waals surface area contributed by atoms with Crippen LogP contribution in [0.1, 0.15) is 0 Å². The van der Waals surface area contributed by atoms with Crippen molar-refractivity contribution in [2.45, 2.75) is 30.7 Å². The minimum atomic E-state index is -1.47. The standard InChI is InChI=1S/C13H18O7/c1-18-7-4-2-3-5-8(7)19-13-12(17)11(16)10(15)9(6-14)20-13/h2-5,9-17H,6H2,1H3/t9-,10+,11+,12-,13-/m1/s1. The highest BCUT2D eigenvalue weighted by Gasteiger charge is 2.44. The minimum absolute atomic E-state index is 0.319. The summed E-state index contributed by atoms with van der Waals surface area (Å²) < 4.78 is 15.8. The average molecular weight is 286 g/mol. The molecule has 0 amide bonds. The third kappa shape index (κ3) is 2.87. The molecule has 2 rings (SSSR count). The zero-order chi connectivity index (χ0) is 14.7. The molecule has 1 aliphatic heterocycles. The summed E-state index contributed by atoms with van der Waals surface area (Å²) in [4.78, 5) is 0. The van der Waals surface area contributed by atoms with Crippen LogP contribution in [0.3, 0.4) is 0 Å². The molecule has 0 unspecified atom stereocenters.